The fourth-order valence-corrected chi connectivity index (χ4v) is 6.29. The summed E-state index contributed by atoms with van der Waals surface area (Å²) >= 11 is 0. The van der Waals surface area contributed by atoms with Gasteiger partial charge in [-0.25, -0.2) is 8.42 Å². The summed E-state index contributed by atoms with van der Waals surface area (Å²) < 4.78 is 27.0. The van der Waals surface area contributed by atoms with Gasteiger partial charge in [0, 0.05) is 24.8 Å². The molecule has 5 rings (SSSR count). The summed E-state index contributed by atoms with van der Waals surface area (Å²) in [6.07, 6.45) is 2.61. The van der Waals surface area contributed by atoms with Crippen molar-refractivity contribution < 1.29 is 18.3 Å². The van der Waals surface area contributed by atoms with Gasteiger partial charge in [-0.05, 0) is 48.9 Å². The van der Waals surface area contributed by atoms with Crippen molar-refractivity contribution in [1.82, 2.24) is 14.5 Å². The van der Waals surface area contributed by atoms with Crippen LogP contribution in [0.3, 0.4) is 0 Å². The van der Waals surface area contributed by atoms with Gasteiger partial charge in [0.15, 0.2) is 5.69 Å². The van der Waals surface area contributed by atoms with Gasteiger partial charge in [-0.2, -0.15) is 4.98 Å². The molecule has 2 aromatic carbocycles. The third kappa shape index (κ3) is 3.74. The van der Waals surface area contributed by atoms with Crippen LogP contribution >= 0.6 is 0 Å². The summed E-state index contributed by atoms with van der Waals surface area (Å²) in [6.45, 7) is 3.91. The van der Waals surface area contributed by atoms with Crippen molar-refractivity contribution in [2.75, 3.05) is 12.8 Å². The average molecular weight is 494 g/mol. The first-order valence-electron chi connectivity index (χ1n) is 11.6. The van der Waals surface area contributed by atoms with Crippen LogP contribution in [0.1, 0.15) is 58.5 Å². The van der Waals surface area contributed by atoms with E-state index in [1.165, 1.54) is 4.57 Å². The fraction of sp³-hybridized carbons (Fsp3) is 0.346. The maximum absolute atomic E-state index is 13.5. The lowest BCUT2D eigenvalue weighted by Gasteiger charge is -2.42. The molecule has 2 aliphatic rings. The molecule has 0 radical (unpaired) electrons. The van der Waals surface area contributed by atoms with E-state index in [1.54, 1.807) is 4.90 Å². The maximum atomic E-state index is 13.5. The van der Waals surface area contributed by atoms with Crippen LogP contribution in [0.5, 0.6) is 5.75 Å². The molecule has 35 heavy (non-hydrogen) atoms. The van der Waals surface area contributed by atoms with E-state index in [0.717, 1.165) is 41.4 Å². The van der Waals surface area contributed by atoms with E-state index >= 15 is 0 Å². The monoisotopic (exact) mass is 493 g/mol. The molecule has 9 heteroatoms. The topological polar surface area (TPSA) is 110 Å². The first kappa shape index (κ1) is 23.3. The second kappa shape index (κ2) is 8.34. The van der Waals surface area contributed by atoms with Crippen molar-refractivity contribution in [3.63, 3.8) is 0 Å². The summed E-state index contributed by atoms with van der Waals surface area (Å²) in [5.74, 6) is -1.75. The lowest BCUT2D eigenvalue weighted by atomic mass is 9.81. The minimum absolute atomic E-state index is 0.198. The Morgan fingerprint density at radius 3 is 2.03 bits per heavy atom. The number of hydrogen-bond donors (Lipinski definition) is 1. The lowest BCUT2D eigenvalue weighted by Crippen LogP contribution is -2.50. The Kier molecular flexibility index (Phi) is 5.55. The van der Waals surface area contributed by atoms with Crippen LogP contribution in [0.25, 0.3) is 0 Å². The van der Waals surface area contributed by atoms with Crippen LogP contribution in [-0.4, -0.2) is 52.7 Å². The van der Waals surface area contributed by atoms with E-state index < -0.39 is 38.3 Å². The third-order valence-corrected chi connectivity index (χ3v) is 7.98. The van der Waals surface area contributed by atoms with Gasteiger partial charge in [0.1, 0.15) is 0 Å². The number of amides is 1. The van der Waals surface area contributed by atoms with E-state index in [4.69, 9.17) is 0 Å². The molecule has 182 valence electrons. The van der Waals surface area contributed by atoms with Crippen molar-refractivity contribution in [2.45, 2.75) is 49.8 Å². The average Bonchev–Trinajstić information content (AvgIpc) is 2.97. The van der Waals surface area contributed by atoms with Crippen LogP contribution in [0, 0.1) is 0 Å². The molecule has 1 amide bonds. The molecular weight excluding hydrogens is 466 g/mol. The number of rotatable bonds is 3. The number of hydrogen-bond acceptors (Lipinski definition) is 6. The number of nitrogens with zero attached hydrogens (tertiary/aromatic N) is 3. The highest BCUT2D eigenvalue weighted by atomic mass is 32.2. The van der Waals surface area contributed by atoms with E-state index in [1.807, 2.05) is 50.2 Å². The summed E-state index contributed by atoms with van der Waals surface area (Å²) in [5, 5.41) is 10.2. The molecule has 1 atom stereocenters. The Hall–Kier alpha value is -3.46. The van der Waals surface area contributed by atoms with Crippen molar-refractivity contribution in [3.8, 4) is 5.75 Å². The fourth-order valence-electron chi connectivity index (χ4n) is 5.46. The summed E-state index contributed by atoms with van der Waals surface area (Å²) in [5.41, 5.74) is 2.89. The van der Waals surface area contributed by atoms with Crippen LogP contribution in [0.2, 0.25) is 0 Å². The van der Waals surface area contributed by atoms with Gasteiger partial charge in [0.2, 0.25) is 20.7 Å². The zero-order valence-electron chi connectivity index (χ0n) is 19.8. The number of carbonyl (C=O) groups excluding carboxylic acids is 1. The first-order valence-corrected chi connectivity index (χ1v) is 13.5. The number of fused-ring (bicyclic) bond motifs is 3. The molecule has 1 aliphatic heterocycles. The van der Waals surface area contributed by atoms with Gasteiger partial charge in [0.05, 0.1) is 6.04 Å². The smallest absolute Gasteiger partial charge is 0.316 e. The predicted octanol–water partition coefficient (Wildman–Crippen LogP) is 2.69. The molecule has 1 aliphatic carbocycles. The van der Waals surface area contributed by atoms with E-state index in [-0.39, 0.29) is 24.2 Å². The standard InChI is InChI=1S/C26H27N3O5S/c1-15(2)28-14-20(29-22(25(28)32)23(30)24(31)27-26(29)35(3,33)34)21-18-10-6-4-8-16(18)12-13-17-9-5-7-11-19(17)21/h4-11,15,20-21,30H,12-14H2,1-3H3/t20-/m1/s1. The highest BCUT2D eigenvalue weighted by Crippen LogP contribution is 2.45. The van der Waals surface area contributed by atoms with Crippen LogP contribution < -0.4 is 5.56 Å². The Balaban J connectivity index is 1.90. The molecule has 1 N–H and O–H groups in total. The van der Waals surface area contributed by atoms with Crippen molar-refractivity contribution in [3.05, 3.63) is 86.8 Å². The molecule has 8 nitrogen and oxygen atoms in total. The quantitative estimate of drug-likeness (QED) is 0.562. The van der Waals surface area contributed by atoms with Gasteiger partial charge in [-0.15, -0.1) is 0 Å². The maximum Gasteiger partial charge on any atom is 0.316 e. The summed E-state index contributed by atoms with van der Waals surface area (Å²) in [4.78, 5) is 31.3. The summed E-state index contributed by atoms with van der Waals surface area (Å²) in [7, 11) is -4.01. The van der Waals surface area contributed by atoms with Crippen molar-refractivity contribution >= 4 is 15.7 Å². The van der Waals surface area contributed by atoms with E-state index in [2.05, 4.69) is 17.1 Å². The second-order valence-electron chi connectivity index (χ2n) is 9.53. The van der Waals surface area contributed by atoms with Crippen LogP contribution in [0.4, 0.5) is 0 Å². The van der Waals surface area contributed by atoms with E-state index in [9.17, 15) is 23.1 Å². The minimum Gasteiger partial charge on any atom is -0.501 e. The van der Waals surface area contributed by atoms with Gasteiger partial charge in [-0.1, -0.05) is 48.5 Å². The van der Waals surface area contributed by atoms with E-state index in [0.29, 0.717) is 0 Å². The molecule has 1 aromatic heterocycles. The zero-order valence-corrected chi connectivity index (χ0v) is 20.6. The van der Waals surface area contributed by atoms with Crippen LogP contribution in [0.15, 0.2) is 58.5 Å². The number of benzene rings is 2. The third-order valence-electron chi connectivity index (χ3n) is 7.03. The SMILES string of the molecule is CC(C)N1C[C@H](C2c3ccccc3CCc3ccccc32)n2c(S(C)(=O)=O)nc(=O)c(O)c2C1=O. The van der Waals surface area contributed by atoms with Gasteiger partial charge in [-0.3, -0.25) is 9.59 Å². The van der Waals surface area contributed by atoms with Crippen LogP contribution in [-0.2, 0) is 22.7 Å². The van der Waals surface area contributed by atoms with Gasteiger partial charge < -0.3 is 14.6 Å². The molecule has 0 unspecified atom stereocenters. The second-order valence-corrected chi connectivity index (χ2v) is 11.4. The number of aryl methyl sites for hydroxylation is 2. The highest BCUT2D eigenvalue weighted by Gasteiger charge is 2.44. The Bertz CT molecular complexity index is 1460. The molecule has 0 spiro atoms. The number of sulfone groups is 1. The summed E-state index contributed by atoms with van der Waals surface area (Å²) in [6, 6.07) is 15.2. The Morgan fingerprint density at radius 1 is 0.971 bits per heavy atom. The highest BCUT2D eigenvalue weighted by molar-refractivity contribution is 7.90. The number of aromatic nitrogens is 2. The molecule has 3 aromatic rings. The largest absolute Gasteiger partial charge is 0.501 e. The van der Waals surface area contributed by atoms with Crippen molar-refractivity contribution in [1.29, 1.82) is 0 Å². The predicted molar refractivity (Wildman–Crippen MR) is 131 cm³/mol. The molecule has 0 fully saturated rings. The molecule has 2 heterocycles. The molecular formula is C26H27N3O5S. The molecule has 0 saturated heterocycles. The Labute approximate surface area is 203 Å². The Morgan fingerprint density at radius 2 is 1.51 bits per heavy atom. The first-order chi connectivity index (χ1) is 16.6. The van der Waals surface area contributed by atoms with Gasteiger partial charge in [0.25, 0.3) is 5.91 Å². The normalized spacial score (nSPS) is 18.1. The van der Waals surface area contributed by atoms with Gasteiger partial charge >= 0.3 is 5.56 Å². The zero-order chi connectivity index (χ0) is 25.1. The number of carbonyl (C=O) groups is 1. The molecule has 0 bridgehead atoms. The minimum atomic E-state index is -4.01. The van der Waals surface area contributed by atoms with Crippen molar-refractivity contribution in [2.24, 2.45) is 0 Å². The number of aromatic hydroxyl groups is 1. The lowest BCUT2D eigenvalue weighted by molar-refractivity contribution is 0.0572. The molecule has 0 saturated carbocycles.